The second-order valence-electron chi connectivity index (χ2n) is 3.22. The van der Waals surface area contributed by atoms with Gasteiger partial charge in [-0.1, -0.05) is 0 Å². The highest BCUT2D eigenvalue weighted by atomic mass is 16.3. The first-order valence-corrected chi connectivity index (χ1v) is 4.32. The first kappa shape index (κ1) is 7.73. The Bertz CT molecular complexity index is 237. The fraction of sp³-hybridized carbons (Fsp3) is 0.750. The molecule has 66 valence electrons. The Kier molecular flexibility index (Phi) is 1.84. The lowest BCUT2D eigenvalue weighted by Crippen LogP contribution is -2.28. The van der Waals surface area contributed by atoms with Crippen LogP contribution in [0.3, 0.4) is 0 Å². The van der Waals surface area contributed by atoms with Gasteiger partial charge in [0.25, 0.3) is 5.91 Å². The summed E-state index contributed by atoms with van der Waals surface area (Å²) in [5.74, 6) is 0.133. The SMILES string of the molecule is O=C1C2CCCC2=NN1CCO. The van der Waals surface area contributed by atoms with Crippen LogP contribution in [0.5, 0.6) is 0 Å². The van der Waals surface area contributed by atoms with Crippen LogP contribution in [0.4, 0.5) is 0 Å². The lowest BCUT2D eigenvalue weighted by molar-refractivity contribution is -0.132. The van der Waals surface area contributed by atoms with Crippen LogP contribution < -0.4 is 0 Å². The highest BCUT2D eigenvalue weighted by Crippen LogP contribution is 2.29. The highest BCUT2D eigenvalue weighted by Gasteiger charge is 2.38. The molecule has 1 fully saturated rings. The standard InChI is InChI=1S/C8H12N2O2/c11-5-4-10-8(12)6-2-1-3-7(6)9-10/h6,11H,1-5H2. The largest absolute Gasteiger partial charge is 0.394 e. The molecule has 4 heteroatoms. The number of carbonyl (C=O) groups is 1. The van der Waals surface area contributed by atoms with Gasteiger partial charge in [-0.3, -0.25) is 4.79 Å². The van der Waals surface area contributed by atoms with Crippen LogP contribution >= 0.6 is 0 Å². The number of hydrogen-bond donors (Lipinski definition) is 1. The Morgan fingerprint density at radius 1 is 1.67 bits per heavy atom. The molecule has 1 heterocycles. The molecule has 1 N–H and O–H groups in total. The van der Waals surface area contributed by atoms with Gasteiger partial charge in [0, 0.05) is 0 Å². The van der Waals surface area contributed by atoms with Gasteiger partial charge in [-0.05, 0) is 19.3 Å². The minimum Gasteiger partial charge on any atom is -0.394 e. The smallest absolute Gasteiger partial charge is 0.251 e. The van der Waals surface area contributed by atoms with Gasteiger partial charge in [0.2, 0.25) is 0 Å². The molecule has 0 aromatic carbocycles. The van der Waals surface area contributed by atoms with Crippen LogP contribution in [0, 0.1) is 5.92 Å². The minimum atomic E-state index is -0.00472. The van der Waals surface area contributed by atoms with Gasteiger partial charge in [0.05, 0.1) is 24.8 Å². The van der Waals surface area contributed by atoms with E-state index in [1.54, 1.807) is 0 Å². The fourth-order valence-corrected chi connectivity index (χ4v) is 1.85. The first-order chi connectivity index (χ1) is 5.83. The molecule has 1 atom stereocenters. The summed E-state index contributed by atoms with van der Waals surface area (Å²) >= 11 is 0. The fourth-order valence-electron chi connectivity index (χ4n) is 1.85. The lowest BCUT2D eigenvalue weighted by Gasteiger charge is -2.10. The van der Waals surface area contributed by atoms with Crippen LogP contribution in [0.2, 0.25) is 0 Å². The van der Waals surface area contributed by atoms with Crippen molar-refractivity contribution in [1.82, 2.24) is 5.01 Å². The average Bonchev–Trinajstić information content (AvgIpc) is 2.58. The van der Waals surface area contributed by atoms with Crippen LogP contribution in [0.15, 0.2) is 5.10 Å². The molecule has 4 nitrogen and oxygen atoms in total. The third-order valence-electron chi connectivity index (χ3n) is 2.44. The number of rotatable bonds is 2. The van der Waals surface area contributed by atoms with Crippen LogP contribution in [0.1, 0.15) is 19.3 Å². The Labute approximate surface area is 70.9 Å². The van der Waals surface area contributed by atoms with E-state index in [9.17, 15) is 4.79 Å². The molecular weight excluding hydrogens is 156 g/mol. The van der Waals surface area contributed by atoms with E-state index < -0.39 is 0 Å². The Balaban J connectivity index is 2.11. The molecule has 12 heavy (non-hydrogen) atoms. The molecule has 1 amide bonds. The van der Waals surface area contributed by atoms with Gasteiger partial charge < -0.3 is 5.11 Å². The molecular formula is C8H12N2O2. The van der Waals surface area contributed by atoms with E-state index in [4.69, 9.17) is 5.11 Å². The van der Waals surface area contributed by atoms with E-state index in [-0.39, 0.29) is 18.4 Å². The van der Waals surface area contributed by atoms with E-state index in [0.717, 1.165) is 25.0 Å². The van der Waals surface area contributed by atoms with Crippen molar-refractivity contribution in [2.45, 2.75) is 19.3 Å². The molecule has 1 unspecified atom stereocenters. The topological polar surface area (TPSA) is 52.9 Å². The lowest BCUT2D eigenvalue weighted by atomic mass is 10.1. The first-order valence-electron chi connectivity index (χ1n) is 4.32. The van der Waals surface area contributed by atoms with E-state index in [2.05, 4.69) is 5.10 Å². The maximum absolute atomic E-state index is 11.5. The Morgan fingerprint density at radius 3 is 3.17 bits per heavy atom. The summed E-state index contributed by atoms with van der Waals surface area (Å²) in [5, 5.41) is 14.2. The number of carbonyl (C=O) groups excluding carboxylic acids is 1. The number of β-amino-alcohol motifs (C(OH)–C–C–N with tert-alkyl or cyclic N) is 1. The molecule has 2 aliphatic rings. The van der Waals surface area contributed by atoms with Gasteiger partial charge >= 0.3 is 0 Å². The van der Waals surface area contributed by atoms with Gasteiger partial charge in [-0.2, -0.15) is 5.10 Å². The number of amides is 1. The number of nitrogens with zero attached hydrogens (tertiary/aromatic N) is 2. The van der Waals surface area contributed by atoms with Gasteiger partial charge in [0.15, 0.2) is 0 Å². The predicted molar refractivity (Wildman–Crippen MR) is 43.6 cm³/mol. The summed E-state index contributed by atoms with van der Waals surface area (Å²) in [6, 6.07) is 0. The third kappa shape index (κ3) is 1.03. The maximum atomic E-state index is 11.5. The normalized spacial score (nSPS) is 27.8. The molecule has 1 aliphatic heterocycles. The van der Waals surface area contributed by atoms with Gasteiger partial charge in [-0.25, -0.2) is 5.01 Å². The van der Waals surface area contributed by atoms with Crippen molar-refractivity contribution >= 4 is 11.6 Å². The number of aliphatic hydroxyl groups is 1. The highest BCUT2D eigenvalue weighted by molar-refractivity contribution is 6.09. The van der Waals surface area contributed by atoms with Crippen LogP contribution in [-0.2, 0) is 4.79 Å². The molecule has 0 bridgehead atoms. The number of fused-ring (bicyclic) bond motifs is 1. The predicted octanol–water partition coefficient (Wildman–Crippen LogP) is -0.0230. The van der Waals surface area contributed by atoms with Gasteiger partial charge in [-0.15, -0.1) is 0 Å². The molecule has 0 aromatic rings. The van der Waals surface area contributed by atoms with E-state index in [1.165, 1.54) is 5.01 Å². The average molecular weight is 168 g/mol. The molecule has 0 saturated heterocycles. The molecule has 1 aliphatic carbocycles. The minimum absolute atomic E-state index is 0.00472. The van der Waals surface area contributed by atoms with Crippen LogP contribution in [0.25, 0.3) is 0 Å². The van der Waals surface area contributed by atoms with E-state index in [0.29, 0.717) is 6.54 Å². The Morgan fingerprint density at radius 2 is 2.50 bits per heavy atom. The zero-order valence-electron chi connectivity index (χ0n) is 6.86. The second-order valence-corrected chi connectivity index (χ2v) is 3.22. The molecule has 1 saturated carbocycles. The number of hydrogen-bond acceptors (Lipinski definition) is 3. The maximum Gasteiger partial charge on any atom is 0.251 e. The second kappa shape index (κ2) is 2.86. The van der Waals surface area contributed by atoms with E-state index in [1.807, 2.05) is 0 Å². The van der Waals surface area contributed by atoms with E-state index >= 15 is 0 Å². The summed E-state index contributed by atoms with van der Waals surface area (Å²) in [6.07, 6.45) is 2.99. The van der Waals surface area contributed by atoms with Crippen molar-refractivity contribution < 1.29 is 9.90 Å². The summed E-state index contributed by atoms with van der Waals surface area (Å²) in [6.45, 7) is 0.341. The zero-order chi connectivity index (χ0) is 8.55. The van der Waals surface area contributed by atoms with Crippen molar-refractivity contribution in [3.8, 4) is 0 Å². The summed E-state index contributed by atoms with van der Waals surface area (Å²) in [7, 11) is 0. The van der Waals surface area contributed by atoms with Crippen molar-refractivity contribution in [3.05, 3.63) is 0 Å². The van der Waals surface area contributed by atoms with Gasteiger partial charge in [0.1, 0.15) is 0 Å². The number of hydrazone groups is 1. The quantitative estimate of drug-likeness (QED) is 0.629. The molecule has 0 spiro atoms. The summed E-state index contributed by atoms with van der Waals surface area (Å²) in [5.41, 5.74) is 1.02. The van der Waals surface area contributed by atoms with Crippen LogP contribution in [-0.4, -0.2) is 34.9 Å². The molecule has 2 rings (SSSR count). The van der Waals surface area contributed by atoms with Crippen molar-refractivity contribution in [2.24, 2.45) is 11.0 Å². The summed E-state index contributed by atoms with van der Waals surface area (Å²) < 4.78 is 0. The number of aliphatic hydroxyl groups excluding tert-OH is 1. The monoisotopic (exact) mass is 168 g/mol. The van der Waals surface area contributed by atoms with Crippen molar-refractivity contribution in [2.75, 3.05) is 13.2 Å². The summed E-state index contributed by atoms with van der Waals surface area (Å²) in [4.78, 5) is 11.5. The molecule has 0 radical (unpaired) electrons. The third-order valence-corrected chi connectivity index (χ3v) is 2.44. The van der Waals surface area contributed by atoms with Crippen molar-refractivity contribution in [1.29, 1.82) is 0 Å². The Hall–Kier alpha value is -0.900. The zero-order valence-corrected chi connectivity index (χ0v) is 6.86. The van der Waals surface area contributed by atoms with Crippen molar-refractivity contribution in [3.63, 3.8) is 0 Å². The molecule has 0 aromatic heterocycles.